The van der Waals surface area contributed by atoms with Gasteiger partial charge in [-0.1, -0.05) is 0 Å². The minimum Gasteiger partial charge on any atom is -0.390 e. The van der Waals surface area contributed by atoms with Gasteiger partial charge in [0.25, 0.3) is 5.91 Å². The van der Waals surface area contributed by atoms with Crippen LogP contribution in [-0.2, 0) is 10.0 Å². The summed E-state index contributed by atoms with van der Waals surface area (Å²) in [7, 11) is -3.55. The van der Waals surface area contributed by atoms with Crippen molar-refractivity contribution in [1.29, 1.82) is 0 Å². The Kier molecular flexibility index (Phi) is 9.65. The van der Waals surface area contributed by atoms with Crippen LogP contribution >= 0.6 is 23.1 Å². The van der Waals surface area contributed by atoms with E-state index in [9.17, 15) is 28.5 Å². The maximum atomic E-state index is 12.7. The van der Waals surface area contributed by atoms with Gasteiger partial charge in [0.15, 0.2) is 5.13 Å². The van der Waals surface area contributed by atoms with E-state index in [0.717, 1.165) is 23.3 Å². The van der Waals surface area contributed by atoms with E-state index in [2.05, 4.69) is 20.0 Å². The number of aliphatic hydroxyl groups excluding tert-OH is 3. The van der Waals surface area contributed by atoms with E-state index >= 15 is 0 Å². The largest absolute Gasteiger partial charge is 0.390 e. The Labute approximate surface area is 189 Å². The molecule has 0 aromatic carbocycles. The maximum Gasteiger partial charge on any atom is 0.271 e. The van der Waals surface area contributed by atoms with Gasteiger partial charge in [-0.3, -0.25) is 14.5 Å². The first-order valence-electron chi connectivity index (χ1n) is 9.29. The zero-order chi connectivity index (χ0) is 23.0. The van der Waals surface area contributed by atoms with Crippen molar-refractivity contribution in [3.63, 3.8) is 0 Å². The van der Waals surface area contributed by atoms with Crippen LogP contribution in [0.3, 0.4) is 0 Å². The van der Waals surface area contributed by atoms with Crippen LogP contribution in [-0.4, -0.2) is 76.1 Å². The first-order chi connectivity index (χ1) is 14.6. The molecule has 0 aliphatic rings. The zero-order valence-electron chi connectivity index (χ0n) is 17.0. The number of carbonyl (C=O) groups excluding carboxylic acids is 1. The number of nitrogens with zero attached hydrogens (tertiary/aromatic N) is 2. The number of pyridine rings is 1. The van der Waals surface area contributed by atoms with Gasteiger partial charge in [-0.25, -0.2) is 13.4 Å². The Morgan fingerprint density at radius 2 is 1.94 bits per heavy atom. The molecule has 2 heterocycles. The van der Waals surface area contributed by atoms with Crippen molar-refractivity contribution in [2.45, 2.75) is 37.2 Å². The normalized spacial score (nSPS) is 15.6. The number of carbonyl (C=O) groups is 1. The third-order valence-electron chi connectivity index (χ3n) is 4.31. The van der Waals surface area contributed by atoms with Crippen LogP contribution < -0.4 is 10.0 Å². The van der Waals surface area contributed by atoms with Crippen molar-refractivity contribution >= 4 is 44.2 Å². The fourth-order valence-electron chi connectivity index (χ4n) is 2.77. The molecule has 4 unspecified atom stereocenters. The molecule has 2 aromatic rings. The first kappa shape index (κ1) is 25.5. The predicted octanol–water partition coefficient (Wildman–Crippen LogP) is 0.607. The van der Waals surface area contributed by atoms with E-state index in [1.807, 2.05) is 6.26 Å². The average molecular weight is 491 g/mol. The molecule has 0 bridgehead atoms. The number of nitrogens with one attached hydrogen (secondary N) is 2. The van der Waals surface area contributed by atoms with Crippen LogP contribution in [0.15, 0.2) is 29.9 Å². The van der Waals surface area contributed by atoms with E-state index in [1.54, 1.807) is 11.8 Å². The molecule has 2 rings (SSSR count). The number of hydrogen-bond donors (Lipinski definition) is 5. The van der Waals surface area contributed by atoms with Gasteiger partial charge in [0.1, 0.15) is 17.9 Å². The van der Waals surface area contributed by atoms with E-state index in [-0.39, 0.29) is 17.2 Å². The number of rotatable bonds is 12. The lowest BCUT2D eigenvalue weighted by Crippen LogP contribution is -2.52. The summed E-state index contributed by atoms with van der Waals surface area (Å²) < 4.78 is 24.8. The number of aliphatic hydroxyl groups is 3. The maximum absolute atomic E-state index is 12.7. The second-order valence-electron chi connectivity index (χ2n) is 6.83. The van der Waals surface area contributed by atoms with Gasteiger partial charge in [0.05, 0.1) is 18.4 Å². The summed E-state index contributed by atoms with van der Waals surface area (Å²) in [6.07, 6.45) is 2.79. The highest BCUT2D eigenvalue weighted by molar-refractivity contribution is 7.98. The van der Waals surface area contributed by atoms with Crippen LogP contribution in [0.25, 0.3) is 0 Å². The molecule has 10 nitrogen and oxygen atoms in total. The number of sulfonamides is 1. The smallest absolute Gasteiger partial charge is 0.271 e. The number of amides is 1. The van der Waals surface area contributed by atoms with Gasteiger partial charge in [0, 0.05) is 17.8 Å². The molecule has 4 atom stereocenters. The molecule has 13 heteroatoms. The summed E-state index contributed by atoms with van der Waals surface area (Å²) in [5.74, 6) is 0.0640. The molecule has 0 radical (unpaired) electrons. The van der Waals surface area contributed by atoms with E-state index in [1.165, 1.54) is 29.9 Å². The number of thioether (sulfide) groups is 1. The lowest BCUT2D eigenvalue weighted by molar-refractivity contribution is -0.0401. The zero-order valence-corrected chi connectivity index (χ0v) is 19.5. The minimum absolute atomic E-state index is 0.0107. The molecule has 0 saturated heterocycles. The van der Waals surface area contributed by atoms with Crippen molar-refractivity contribution in [2.24, 2.45) is 0 Å². The van der Waals surface area contributed by atoms with Gasteiger partial charge in [-0.05, 0) is 42.5 Å². The van der Waals surface area contributed by atoms with Crippen molar-refractivity contribution in [3.8, 4) is 0 Å². The molecule has 172 valence electrons. The third kappa shape index (κ3) is 8.01. The molecule has 5 N–H and O–H groups in total. The van der Waals surface area contributed by atoms with Crippen molar-refractivity contribution < 1.29 is 28.5 Å². The topological polar surface area (TPSA) is 162 Å². The Morgan fingerprint density at radius 1 is 1.26 bits per heavy atom. The molecule has 2 aromatic heterocycles. The summed E-state index contributed by atoms with van der Waals surface area (Å²) in [6.45, 7) is 0. The van der Waals surface area contributed by atoms with Crippen LogP contribution in [0.5, 0.6) is 0 Å². The second kappa shape index (κ2) is 11.7. The molecule has 0 saturated carbocycles. The molecule has 0 spiro atoms. The molecule has 31 heavy (non-hydrogen) atoms. The van der Waals surface area contributed by atoms with E-state index in [4.69, 9.17) is 0 Å². The predicted molar refractivity (Wildman–Crippen MR) is 121 cm³/mol. The summed E-state index contributed by atoms with van der Waals surface area (Å²) in [5.41, 5.74) is 0.306. The number of hydrogen-bond acceptors (Lipinski definition) is 10. The Bertz CT molecular complexity index is 941. The highest BCUT2D eigenvalue weighted by Gasteiger charge is 2.34. The molecule has 0 aliphatic heterocycles. The fraction of sp³-hybridized carbons (Fsp3) is 0.500. The van der Waals surface area contributed by atoms with Crippen molar-refractivity contribution in [1.82, 2.24) is 15.3 Å². The van der Waals surface area contributed by atoms with Gasteiger partial charge < -0.3 is 20.6 Å². The van der Waals surface area contributed by atoms with Gasteiger partial charge in [-0.15, -0.1) is 11.3 Å². The van der Waals surface area contributed by atoms with Gasteiger partial charge in [-0.2, -0.15) is 11.8 Å². The third-order valence-corrected chi connectivity index (χ3v) is 6.45. The van der Waals surface area contributed by atoms with Crippen LogP contribution in [0.2, 0.25) is 0 Å². The lowest BCUT2D eigenvalue weighted by Gasteiger charge is -2.31. The van der Waals surface area contributed by atoms with Crippen molar-refractivity contribution in [2.75, 3.05) is 23.0 Å². The monoisotopic (exact) mass is 490 g/mol. The summed E-state index contributed by atoms with van der Waals surface area (Å²) in [5, 5.41) is 35.8. The molecule has 1 amide bonds. The Hall–Kier alpha value is -1.77. The summed E-state index contributed by atoms with van der Waals surface area (Å²) in [6, 6.07) is 1.83. The first-order valence-corrected chi connectivity index (χ1v) is 13.5. The van der Waals surface area contributed by atoms with Gasteiger partial charge >= 0.3 is 0 Å². The van der Waals surface area contributed by atoms with E-state index < -0.39 is 40.3 Å². The minimum atomic E-state index is -3.55. The Morgan fingerprint density at radius 3 is 2.55 bits per heavy atom. The Balaban J connectivity index is 2.20. The van der Waals surface area contributed by atoms with E-state index in [0.29, 0.717) is 12.0 Å². The highest BCUT2D eigenvalue weighted by Crippen LogP contribution is 2.23. The number of aromatic nitrogens is 2. The van der Waals surface area contributed by atoms with Gasteiger partial charge in [0.2, 0.25) is 10.0 Å². The second-order valence-corrected chi connectivity index (χ2v) is 10.4. The molecule has 0 aliphatic carbocycles. The average Bonchev–Trinajstić information content (AvgIpc) is 3.18. The summed E-state index contributed by atoms with van der Waals surface area (Å²) >= 11 is 2.52. The SMILES string of the molecule is CSCCCC(O)C(O)C(NC(=O)c1csc(NS(C)(=O)=O)n1)C(O)c1ccncc1. The molecular formula is C18H26N4O6S3. The number of anilines is 1. The highest BCUT2D eigenvalue weighted by atomic mass is 32.2. The number of thiazole rings is 1. The lowest BCUT2D eigenvalue weighted by atomic mass is 9.93. The quantitative estimate of drug-likeness (QED) is 0.268. The standard InChI is InChI=1S/C18H26N4O6S3/c1-29-9-3-4-13(23)16(25)14(15(24)11-5-7-19-8-6-11)21-17(26)12-10-30-18(20-12)22-31(2,27)28/h5-8,10,13-16,23-25H,3-4,9H2,1-2H3,(H,20,22)(H,21,26). The molecule has 0 fully saturated rings. The van der Waals surface area contributed by atoms with Crippen LogP contribution in [0.4, 0.5) is 5.13 Å². The van der Waals surface area contributed by atoms with Crippen LogP contribution in [0.1, 0.15) is 35.0 Å². The fourth-order valence-corrected chi connectivity index (χ4v) is 4.77. The molecular weight excluding hydrogens is 464 g/mol. The summed E-state index contributed by atoms with van der Waals surface area (Å²) in [4.78, 5) is 20.5. The van der Waals surface area contributed by atoms with Crippen molar-refractivity contribution in [3.05, 3.63) is 41.2 Å². The van der Waals surface area contributed by atoms with Crippen LogP contribution in [0, 0.1) is 0 Å².